The molecule has 11 heteroatoms. The number of hydrogen-bond donors (Lipinski definition) is 3. The smallest absolute Gasteiger partial charge is 0.416 e. The number of aromatic carboxylic acids is 1. The summed E-state index contributed by atoms with van der Waals surface area (Å²) in [6, 6.07) is 4.28. The van der Waals surface area contributed by atoms with Gasteiger partial charge < -0.3 is 10.2 Å². The zero-order chi connectivity index (χ0) is 24.5. The van der Waals surface area contributed by atoms with Crippen LogP contribution in [-0.4, -0.2) is 62.5 Å². The van der Waals surface area contributed by atoms with Crippen LogP contribution in [0.2, 0.25) is 0 Å². The van der Waals surface area contributed by atoms with E-state index in [4.69, 9.17) is 0 Å². The molecule has 1 saturated carbocycles. The van der Waals surface area contributed by atoms with E-state index in [1.54, 1.807) is 6.08 Å². The largest absolute Gasteiger partial charge is 0.478 e. The number of Topliss-reactive ketones (excluding diaryl/α,β-unsaturated/α-hetero) is 1. The standard InChI is InChI=1S/C23H24N4O7/c28-20(17-12-26(22(31)32)18-4-1-3-16(19(17)18)21(29)30)15-7-5-14(6-8-15)11-25-23(27(33)34)9-2-10-24-13-23/h1-4,9-10,12,14-15,25H,5-8,11,13H2,(H,29,30)(H,31,32). The van der Waals surface area contributed by atoms with Crippen molar-refractivity contribution in [3.63, 3.8) is 0 Å². The van der Waals surface area contributed by atoms with E-state index in [0.29, 0.717) is 32.2 Å². The third-order valence-electron chi connectivity index (χ3n) is 6.67. The lowest BCUT2D eigenvalue weighted by Gasteiger charge is -2.30. The normalized spacial score (nSPS) is 24.2. The number of carbonyl (C=O) groups excluding carboxylic acids is 1. The number of fused-ring (bicyclic) bond motifs is 1. The molecule has 0 bridgehead atoms. The summed E-state index contributed by atoms with van der Waals surface area (Å²) in [6.07, 6.45) is 6.84. The van der Waals surface area contributed by atoms with Gasteiger partial charge in [0.05, 0.1) is 11.1 Å². The number of rotatable bonds is 7. The van der Waals surface area contributed by atoms with E-state index in [2.05, 4.69) is 10.3 Å². The molecule has 1 atom stereocenters. The molecule has 34 heavy (non-hydrogen) atoms. The second-order valence-corrected chi connectivity index (χ2v) is 8.69. The highest BCUT2D eigenvalue weighted by atomic mass is 16.6. The van der Waals surface area contributed by atoms with Crippen LogP contribution < -0.4 is 5.32 Å². The number of benzene rings is 1. The van der Waals surface area contributed by atoms with E-state index in [1.807, 2.05) is 0 Å². The minimum Gasteiger partial charge on any atom is -0.478 e. The monoisotopic (exact) mass is 468 g/mol. The minimum absolute atomic E-state index is 0.0177. The molecular formula is C23H24N4O7. The molecule has 2 heterocycles. The topological polar surface area (TPSA) is 164 Å². The summed E-state index contributed by atoms with van der Waals surface area (Å²) in [4.78, 5) is 51.9. The van der Waals surface area contributed by atoms with Crippen molar-refractivity contribution in [1.29, 1.82) is 0 Å². The third-order valence-corrected chi connectivity index (χ3v) is 6.67. The summed E-state index contributed by atoms with van der Waals surface area (Å²) in [7, 11) is 0. The maximum Gasteiger partial charge on any atom is 0.416 e. The van der Waals surface area contributed by atoms with E-state index >= 15 is 0 Å². The molecule has 3 N–H and O–H groups in total. The summed E-state index contributed by atoms with van der Waals surface area (Å²) in [5.74, 6) is -1.76. The van der Waals surface area contributed by atoms with Crippen molar-refractivity contribution in [2.45, 2.75) is 31.3 Å². The Morgan fingerprint density at radius 3 is 2.50 bits per heavy atom. The Balaban J connectivity index is 1.48. The average Bonchev–Trinajstić information content (AvgIpc) is 3.23. The molecule has 178 valence electrons. The van der Waals surface area contributed by atoms with Gasteiger partial charge in [-0.1, -0.05) is 6.07 Å². The Labute approximate surface area is 193 Å². The molecule has 1 unspecified atom stereocenters. The number of hydrogen-bond acceptors (Lipinski definition) is 7. The summed E-state index contributed by atoms with van der Waals surface area (Å²) in [5, 5.41) is 33.8. The Morgan fingerprint density at radius 1 is 1.18 bits per heavy atom. The van der Waals surface area contributed by atoms with E-state index < -0.39 is 17.7 Å². The van der Waals surface area contributed by atoms with Gasteiger partial charge in [0, 0.05) is 46.8 Å². The first kappa shape index (κ1) is 23.3. The predicted molar refractivity (Wildman–Crippen MR) is 122 cm³/mol. The first-order chi connectivity index (χ1) is 16.2. The van der Waals surface area contributed by atoms with Crippen LogP contribution in [0.3, 0.4) is 0 Å². The maximum absolute atomic E-state index is 13.3. The highest BCUT2D eigenvalue weighted by Gasteiger charge is 2.41. The molecule has 1 aliphatic carbocycles. The molecule has 1 aromatic carbocycles. The summed E-state index contributed by atoms with van der Waals surface area (Å²) >= 11 is 0. The molecule has 2 aromatic rings. The Morgan fingerprint density at radius 2 is 1.91 bits per heavy atom. The molecule has 11 nitrogen and oxygen atoms in total. The van der Waals surface area contributed by atoms with Crippen LogP contribution in [0.4, 0.5) is 4.79 Å². The SMILES string of the molecule is O=C(O)c1cccc2c1c(C(=O)C1CCC(CNC3([N+](=O)[O-])C=CC=NC3)CC1)cn2C(=O)O. The molecule has 0 amide bonds. The second kappa shape index (κ2) is 9.18. The van der Waals surface area contributed by atoms with E-state index in [0.717, 1.165) is 4.57 Å². The summed E-state index contributed by atoms with van der Waals surface area (Å²) < 4.78 is 0.877. The van der Waals surface area contributed by atoms with Gasteiger partial charge >= 0.3 is 17.7 Å². The number of nitrogens with one attached hydrogen (secondary N) is 1. The number of aliphatic imine (C=N–C) groups is 1. The Kier molecular flexibility index (Phi) is 6.29. The zero-order valence-corrected chi connectivity index (χ0v) is 18.2. The minimum atomic E-state index is -1.42. The number of aromatic nitrogens is 1. The van der Waals surface area contributed by atoms with E-state index in [9.17, 15) is 34.7 Å². The van der Waals surface area contributed by atoms with Crippen molar-refractivity contribution >= 4 is 35.0 Å². The summed E-state index contributed by atoms with van der Waals surface area (Å²) in [6.45, 7) is 0.424. The van der Waals surface area contributed by atoms with Crippen LogP contribution in [-0.2, 0) is 0 Å². The third kappa shape index (κ3) is 4.21. The first-order valence-electron chi connectivity index (χ1n) is 11.0. The fraction of sp³-hybridized carbons (Fsp3) is 0.391. The van der Waals surface area contributed by atoms with Crippen LogP contribution in [0.1, 0.15) is 46.4 Å². The van der Waals surface area contributed by atoms with Crippen LogP contribution in [0, 0.1) is 22.0 Å². The van der Waals surface area contributed by atoms with Crippen LogP contribution in [0.5, 0.6) is 0 Å². The van der Waals surface area contributed by atoms with Crippen molar-refractivity contribution in [3.8, 4) is 0 Å². The lowest BCUT2D eigenvalue weighted by Crippen LogP contribution is -2.55. The highest BCUT2D eigenvalue weighted by molar-refractivity contribution is 6.16. The molecule has 1 aromatic heterocycles. The number of carboxylic acid groups (broad SMARTS) is 2. The van der Waals surface area contributed by atoms with Crippen molar-refractivity contribution in [2.24, 2.45) is 16.8 Å². The fourth-order valence-electron chi connectivity index (χ4n) is 4.79. The van der Waals surface area contributed by atoms with Gasteiger partial charge in [0.2, 0.25) is 0 Å². The highest BCUT2D eigenvalue weighted by Crippen LogP contribution is 2.34. The predicted octanol–water partition coefficient (Wildman–Crippen LogP) is 3.06. The van der Waals surface area contributed by atoms with E-state index in [1.165, 1.54) is 36.7 Å². The molecule has 0 radical (unpaired) electrons. The van der Waals surface area contributed by atoms with Crippen LogP contribution in [0.15, 0.2) is 41.5 Å². The molecular weight excluding hydrogens is 444 g/mol. The van der Waals surface area contributed by atoms with Gasteiger partial charge in [-0.15, -0.1) is 0 Å². The number of ketones is 1. The molecule has 1 aliphatic heterocycles. The van der Waals surface area contributed by atoms with Gasteiger partial charge in [-0.2, -0.15) is 0 Å². The van der Waals surface area contributed by atoms with Crippen molar-refractivity contribution in [3.05, 3.63) is 57.8 Å². The number of dihydropyridines is 1. The molecule has 2 aliphatic rings. The summed E-state index contributed by atoms with van der Waals surface area (Å²) in [5.41, 5.74) is -1.30. The number of allylic oxidation sites excluding steroid dienone is 1. The lowest BCUT2D eigenvalue weighted by atomic mass is 9.78. The average molecular weight is 468 g/mol. The lowest BCUT2D eigenvalue weighted by molar-refractivity contribution is -0.559. The Bertz CT molecular complexity index is 1220. The van der Waals surface area contributed by atoms with Gasteiger partial charge in [0.25, 0.3) is 0 Å². The zero-order valence-electron chi connectivity index (χ0n) is 18.2. The molecule has 0 saturated heterocycles. The first-order valence-corrected chi connectivity index (χ1v) is 11.0. The van der Waals surface area contributed by atoms with Crippen molar-refractivity contribution < 1.29 is 29.5 Å². The van der Waals surface area contributed by atoms with Crippen molar-refractivity contribution in [1.82, 2.24) is 9.88 Å². The van der Waals surface area contributed by atoms with Gasteiger partial charge in [-0.3, -0.25) is 24.5 Å². The maximum atomic E-state index is 13.3. The van der Waals surface area contributed by atoms with Gasteiger partial charge in [-0.25, -0.2) is 14.9 Å². The molecule has 4 rings (SSSR count). The van der Waals surface area contributed by atoms with Gasteiger partial charge in [-0.05, 0) is 49.8 Å². The number of carbonyl (C=O) groups is 3. The molecule has 0 spiro atoms. The fourth-order valence-corrected chi connectivity index (χ4v) is 4.79. The second-order valence-electron chi connectivity index (χ2n) is 8.69. The van der Waals surface area contributed by atoms with Crippen LogP contribution >= 0.6 is 0 Å². The van der Waals surface area contributed by atoms with Crippen molar-refractivity contribution in [2.75, 3.05) is 13.1 Å². The number of carboxylic acids is 1. The molecule has 1 fully saturated rings. The number of nitrogens with zero attached hydrogens (tertiary/aromatic N) is 3. The van der Waals surface area contributed by atoms with Gasteiger partial charge in [0.15, 0.2) is 5.78 Å². The van der Waals surface area contributed by atoms with Crippen LogP contribution in [0.25, 0.3) is 10.9 Å². The van der Waals surface area contributed by atoms with Gasteiger partial charge in [0.1, 0.15) is 6.54 Å². The quantitative estimate of drug-likeness (QED) is 0.241. The number of nitro groups is 1. The Hall–Kier alpha value is -3.86. The van der Waals surface area contributed by atoms with E-state index in [-0.39, 0.29) is 51.1 Å².